The van der Waals surface area contributed by atoms with Crippen LogP contribution in [0, 0.1) is 17.6 Å². The normalized spacial score (nSPS) is 23.6. The molecule has 1 spiro atoms. The number of hydrogen-bond acceptors (Lipinski definition) is 3. The third-order valence-corrected chi connectivity index (χ3v) is 7.06. The van der Waals surface area contributed by atoms with E-state index in [2.05, 4.69) is 0 Å². The van der Waals surface area contributed by atoms with E-state index >= 15 is 0 Å². The van der Waals surface area contributed by atoms with E-state index < -0.39 is 16.5 Å². The Balaban J connectivity index is 1.57. The van der Waals surface area contributed by atoms with E-state index in [4.69, 9.17) is 0 Å². The van der Waals surface area contributed by atoms with E-state index in [1.165, 1.54) is 28.8 Å². The van der Waals surface area contributed by atoms with Gasteiger partial charge in [-0.3, -0.25) is 9.59 Å². The lowest BCUT2D eigenvalue weighted by Crippen LogP contribution is -2.50. The molecule has 5 rings (SSSR count). The van der Waals surface area contributed by atoms with Crippen LogP contribution in [0.3, 0.4) is 0 Å². The van der Waals surface area contributed by atoms with Crippen molar-refractivity contribution in [3.63, 3.8) is 0 Å². The zero-order chi connectivity index (χ0) is 19.5. The Morgan fingerprint density at radius 1 is 1.18 bits per heavy atom. The molecule has 0 bridgehead atoms. The molecule has 2 amide bonds. The largest absolute Gasteiger partial charge is 0.315 e. The van der Waals surface area contributed by atoms with Gasteiger partial charge in [0.15, 0.2) is 4.87 Å². The molecule has 0 N–H and O–H groups in total. The second-order valence-electron chi connectivity index (χ2n) is 7.40. The molecule has 2 aliphatic heterocycles. The van der Waals surface area contributed by atoms with Gasteiger partial charge in [0.25, 0.3) is 5.91 Å². The number of fused-ring (bicyclic) bond motifs is 2. The fourth-order valence-electron chi connectivity index (χ4n) is 4.12. The van der Waals surface area contributed by atoms with E-state index in [0.717, 1.165) is 24.5 Å². The molecule has 1 saturated carbocycles. The zero-order valence-corrected chi connectivity index (χ0v) is 15.8. The van der Waals surface area contributed by atoms with Gasteiger partial charge in [0, 0.05) is 35.4 Å². The molecule has 1 atom stereocenters. The van der Waals surface area contributed by atoms with Crippen LogP contribution in [0.5, 0.6) is 0 Å². The minimum absolute atomic E-state index is 0.00424. The fraction of sp³-hybridized carbons (Fsp3) is 0.333. The first kappa shape index (κ1) is 17.7. The quantitative estimate of drug-likeness (QED) is 0.790. The second-order valence-corrected chi connectivity index (χ2v) is 8.69. The number of carbonyl (C=O) groups excluding carboxylic acids is 2. The van der Waals surface area contributed by atoms with E-state index in [9.17, 15) is 18.4 Å². The van der Waals surface area contributed by atoms with Gasteiger partial charge in [-0.15, -0.1) is 11.8 Å². The molecule has 1 aliphatic carbocycles. The summed E-state index contributed by atoms with van der Waals surface area (Å²) in [5.74, 6) is -0.845. The Bertz CT molecular complexity index is 994. The molecule has 1 saturated heterocycles. The van der Waals surface area contributed by atoms with Crippen molar-refractivity contribution in [2.45, 2.75) is 24.3 Å². The van der Waals surface area contributed by atoms with Crippen LogP contribution in [0.2, 0.25) is 0 Å². The Morgan fingerprint density at radius 3 is 2.71 bits per heavy atom. The molecule has 4 nitrogen and oxygen atoms in total. The molecule has 2 aromatic carbocycles. The average molecular weight is 400 g/mol. The molecule has 1 unspecified atom stereocenters. The first-order valence-electron chi connectivity index (χ1n) is 9.33. The third-order valence-electron chi connectivity index (χ3n) is 5.64. The maximum absolute atomic E-state index is 14.2. The number of halogens is 2. The van der Waals surface area contributed by atoms with Crippen molar-refractivity contribution >= 4 is 29.3 Å². The van der Waals surface area contributed by atoms with Crippen molar-refractivity contribution in [1.82, 2.24) is 4.90 Å². The van der Waals surface area contributed by atoms with Crippen molar-refractivity contribution in [3.8, 4) is 0 Å². The number of thioether (sulfide) groups is 1. The number of para-hydroxylation sites is 1. The predicted octanol–water partition coefficient (Wildman–Crippen LogP) is 3.65. The lowest BCUT2D eigenvalue weighted by Gasteiger charge is -2.33. The van der Waals surface area contributed by atoms with Gasteiger partial charge < -0.3 is 9.80 Å². The molecule has 3 aliphatic rings. The van der Waals surface area contributed by atoms with Gasteiger partial charge in [0.2, 0.25) is 5.91 Å². The smallest absolute Gasteiger partial charge is 0.268 e. The highest BCUT2D eigenvalue weighted by atomic mass is 32.2. The number of rotatable bonds is 3. The average Bonchev–Trinajstić information content (AvgIpc) is 3.40. The lowest BCUT2D eigenvalue weighted by molar-refractivity contribution is -0.141. The van der Waals surface area contributed by atoms with Crippen molar-refractivity contribution in [3.05, 3.63) is 65.2 Å². The second kappa shape index (κ2) is 6.30. The standard InChI is InChI=1S/C21H18F2N2O2S/c22-15-8-7-14(17(23)11-15)12-24-18-4-2-1-3-16(18)21(20(24)27)25(9-10-28-21)19(26)13-5-6-13/h1-4,7-8,11,13H,5-6,9-10,12H2. The highest BCUT2D eigenvalue weighted by Crippen LogP contribution is 2.55. The summed E-state index contributed by atoms with van der Waals surface area (Å²) in [6, 6.07) is 10.8. The molecule has 2 fully saturated rings. The van der Waals surface area contributed by atoms with Crippen molar-refractivity contribution in [1.29, 1.82) is 0 Å². The summed E-state index contributed by atoms with van der Waals surface area (Å²) < 4.78 is 27.5. The summed E-state index contributed by atoms with van der Waals surface area (Å²) in [6.45, 7) is 0.522. The Hall–Kier alpha value is -2.41. The monoisotopic (exact) mass is 400 g/mol. The number of benzene rings is 2. The summed E-state index contributed by atoms with van der Waals surface area (Å²) in [4.78, 5) is 28.7. The Morgan fingerprint density at radius 2 is 1.96 bits per heavy atom. The summed E-state index contributed by atoms with van der Waals surface area (Å²) in [7, 11) is 0. The maximum atomic E-state index is 14.2. The van der Waals surface area contributed by atoms with Crippen molar-refractivity contribution in [2.75, 3.05) is 17.2 Å². The Kier molecular flexibility index (Phi) is 3.98. The van der Waals surface area contributed by atoms with Gasteiger partial charge >= 0.3 is 0 Å². The van der Waals surface area contributed by atoms with E-state index in [1.54, 1.807) is 4.90 Å². The van der Waals surface area contributed by atoms with Crippen molar-refractivity contribution < 1.29 is 18.4 Å². The first-order valence-corrected chi connectivity index (χ1v) is 10.3. The van der Waals surface area contributed by atoms with E-state index in [0.29, 0.717) is 18.0 Å². The summed E-state index contributed by atoms with van der Waals surface area (Å²) >= 11 is 1.47. The van der Waals surface area contributed by atoms with Crippen LogP contribution >= 0.6 is 11.8 Å². The topological polar surface area (TPSA) is 40.6 Å². The number of anilines is 1. The van der Waals surface area contributed by atoms with Gasteiger partial charge in [-0.2, -0.15) is 0 Å². The molecule has 144 valence electrons. The van der Waals surface area contributed by atoms with Crippen LogP contribution in [0.4, 0.5) is 14.5 Å². The molecule has 28 heavy (non-hydrogen) atoms. The summed E-state index contributed by atoms with van der Waals surface area (Å²) in [6.07, 6.45) is 1.74. The number of nitrogens with zero attached hydrogens (tertiary/aromatic N) is 2. The van der Waals surface area contributed by atoms with Crippen LogP contribution in [0.15, 0.2) is 42.5 Å². The predicted molar refractivity (Wildman–Crippen MR) is 103 cm³/mol. The summed E-state index contributed by atoms with van der Waals surface area (Å²) in [5, 5.41) is 0. The number of amides is 2. The number of carbonyl (C=O) groups is 2. The lowest BCUT2D eigenvalue weighted by atomic mass is 10.1. The van der Waals surface area contributed by atoms with Gasteiger partial charge in [-0.1, -0.05) is 24.3 Å². The van der Waals surface area contributed by atoms with Crippen LogP contribution < -0.4 is 4.90 Å². The van der Waals surface area contributed by atoms with Gasteiger partial charge in [0.05, 0.1) is 12.2 Å². The van der Waals surface area contributed by atoms with Crippen LogP contribution in [0.1, 0.15) is 24.0 Å². The third kappa shape index (κ3) is 2.49. The van der Waals surface area contributed by atoms with Crippen LogP contribution in [-0.2, 0) is 21.0 Å². The fourth-order valence-corrected chi connectivity index (χ4v) is 5.58. The molecule has 0 aromatic heterocycles. The van der Waals surface area contributed by atoms with Crippen molar-refractivity contribution in [2.24, 2.45) is 5.92 Å². The molecule has 7 heteroatoms. The highest BCUT2D eigenvalue weighted by Gasteiger charge is 2.60. The van der Waals surface area contributed by atoms with E-state index in [-0.39, 0.29) is 29.8 Å². The SMILES string of the molecule is O=C(C1CC1)N1CCSC12C(=O)N(Cc1ccc(F)cc1F)c1ccccc12. The summed E-state index contributed by atoms with van der Waals surface area (Å²) in [5.41, 5.74) is 1.70. The van der Waals surface area contributed by atoms with E-state index in [1.807, 2.05) is 24.3 Å². The first-order chi connectivity index (χ1) is 13.5. The minimum atomic E-state index is -1.08. The number of hydrogen-bond donors (Lipinski definition) is 0. The molecule has 2 heterocycles. The minimum Gasteiger partial charge on any atom is -0.315 e. The highest BCUT2D eigenvalue weighted by molar-refractivity contribution is 8.01. The van der Waals surface area contributed by atoms with Gasteiger partial charge in [-0.05, 0) is 25.0 Å². The van der Waals surface area contributed by atoms with Crippen LogP contribution in [-0.4, -0.2) is 29.0 Å². The molecular formula is C21H18F2N2O2S. The van der Waals surface area contributed by atoms with Gasteiger partial charge in [0.1, 0.15) is 11.6 Å². The van der Waals surface area contributed by atoms with Gasteiger partial charge in [-0.25, -0.2) is 8.78 Å². The zero-order valence-electron chi connectivity index (χ0n) is 15.0. The maximum Gasteiger partial charge on any atom is 0.268 e. The Labute approximate surface area is 165 Å². The molecular weight excluding hydrogens is 382 g/mol. The molecule has 0 radical (unpaired) electrons. The molecule has 2 aromatic rings. The van der Waals surface area contributed by atoms with Crippen LogP contribution in [0.25, 0.3) is 0 Å².